The lowest BCUT2D eigenvalue weighted by atomic mass is 10.2. The van der Waals surface area contributed by atoms with Gasteiger partial charge in [0.05, 0.1) is 5.69 Å². The van der Waals surface area contributed by atoms with Crippen LogP contribution in [0.25, 0.3) is 0 Å². The highest BCUT2D eigenvalue weighted by atomic mass is 79.9. The highest BCUT2D eigenvalue weighted by molar-refractivity contribution is 9.10. The van der Waals surface area contributed by atoms with Crippen molar-refractivity contribution in [2.75, 3.05) is 0 Å². The fourth-order valence-electron chi connectivity index (χ4n) is 1.32. The number of hydrogen-bond acceptors (Lipinski definition) is 2. The molecule has 4 nitrogen and oxygen atoms in total. The predicted molar refractivity (Wildman–Crippen MR) is 60.9 cm³/mol. The van der Waals surface area contributed by atoms with Crippen LogP contribution in [0.1, 0.15) is 38.4 Å². The normalized spacial score (nSPS) is 10.9. The third-order valence-corrected chi connectivity index (χ3v) is 2.65. The van der Waals surface area contributed by atoms with Gasteiger partial charge in [0.1, 0.15) is 4.60 Å². The molecule has 1 aromatic rings. The van der Waals surface area contributed by atoms with Gasteiger partial charge in [-0.3, -0.25) is 9.48 Å². The van der Waals surface area contributed by atoms with E-state index in [-0.39, 0.29) is 6.42 Å². The van der Waals surface area contributed by atoms with Gasteiger partial charge in [-0.15, -0.1) is 0 Å². The Bertz CT molecular complexity index is 347. The van der Waals surface area contributed by atoms with Gasteiger partial charge in [-0.2, -0.15) is 5.10 Å². The summed E-state index contributed by atoms with van der Waals surface area (Å²) in [6, 6.07) is 2.26. The summed E-state index contributed by atoms with van der Waals surface area (Å²) in [7, 11) is 0. The van der Waals surface area contributed by atoms with Gasteiger partial charge >= 0.3 is 5.97 Å². The second-order valence-electron chi connectivity index (χ2n) is 3.74. The van der Waals surface area contributed by atoms with Crippen molar-refractivity contribution in [3.05, 3.63) is 16.4 Å². The van der Waals surface area contributed by atoms with E-state index in [0.717, 1.165) is 10.3 Å². The lowest BCUT2D eigenvalue weighted by Crippen LogP contribution is -2.03. The van der Waals surface area contributed by atoms with Crippen molar-refractivity contribution in [2.24, 2.45) is 0 Å². The maximum Gasteiger partial charge on any atom is 0.303 e. The molecule has 0 aliphatic heterocycles. The van der Waals surface area contributed by atoms with E-state index in [1.165, 1.54) is 0 Å². The van der Waals surface area contributed by atoms with Crippen molar-refractivity contribution in [3.8, 4) is 0 Å². The molecular weight excluding hydrogens is 260 g/mol. The Morgan fingerprint density at radius 1 is 1.67 bits per heavy atom. The summed E-state index contributed by atoms with van der Waals surface area (Å²) in [6.45, 7) is 4.11. The van der Waals surface area contributed by atoms with Crippen LogP contribution in [0.3, 0.4) is 0 Å². The summed E-state index contributed by atoms with van der Waals surface area (Å²) >= 11 is 3.42. The van der Waals surface area contributed by atoms with Crippen LogP contribution in [0.15, 0.2) is 10.7 Å². The maximum absolute atomic E-state index is 10.3. The third-order valence-electron chi connectivity index (χ3n) is 2.05. The quantitative estimate of drug-likeness (QED) is 0.898. The van der Waals surface area contributed by atoms with E-state index in [9.17, 15) is 4.79 Å². The van der Waals surface area contributed by atoms with E-state index < -0.39 is 5.97 Å². The molecule has 0 bridgehead atoms. The van der Waals surface area contributed by atoms with Gasteiger partial charge < -0.3 is 5.11 Å². The number of carbonyl (C=O) groups is 1. The first-order valence-electron chi connectivity index (χ1n) is 4.96. The standard InChI is InChI=1S/C10H15BrN2O2/c1-7(2)13-9(11)6-8(12-13)4-3-5-10(14)15/h6-7H,3-5H2,1-2H3,(H,14,15). The molecule has 0 aliphatic rings. The molecule has 0 saturated carbocycles. The Labute approximate surface area is 97.4 Å². The molecule has 0 aliphatic carbocycles. The average Bonchev–Trinajstić information content (AvgIpc) is 2.46. The van der Waals surface area contributed by atoms with Gasteiger partial charge in [0, 0.05) is 12.5 Å². The molecule has 0 unspecified atom stereocenters. The summed E-state index contributed by atoms with van der Waals surface area (Å²) in [5.41, 5.74) is 0.942. The molecule has 0 saturated heterocycles. The lowest BCUT2D eigenvalue weighted by molar-refractivity contribution is -0.137. The molecule has 0 radical (unpaired) electrons. The number of carboxylic acids is 1. The van der Waals surface area contributed by atoms with Crippen molar-refractivity contribution in [1.29, 1.82) is 0 Å². The van der Waals surface area contributed by atoms with E-state index in [2.05, 4.69) is 34.9 Å². The number of hydrogen-bond donors (Lipinski definition) is 1. The Kier molecular flexibility index (Phi) is 4.32. The van der Waals surface area contributed by atoms with E-state index >= 15 is 0 Å². The number of aliphatic carboxylic acids is 1. The van der Waals surface area contributed by atoms with Gasteiger partial charge in [0.2, 0.25) is 0 Å². The molecule has 0 amide bonds. The second-order valence-corrected chi connectivity index (χ2v) is 4.56. The minimum Gasteiger partial charge on any atom is -0.481 e. The smallest absolute Gasteiger partial charge is 0.303 e. The molecule has 84 valence electrons. The predicted octanol–water partition coefficient (Wildman–Crippen LogP) is 2.63. The number of aromatic nitrogens is 2. The van der Waals surface area contributed by atoms with Crippen LogP contribution in [-0.4, -0.2) is 20.9 Å². The summed E-state index contributed by atoms with van der Waals surface area (Å²) in [5.74, 6) is -0.752. The van der Waals surface area contributed by atoms with Crippen LogP contribution >= 0.6 is 15.9 Å². The number of carboxylic acid groups (broad SMARTS) is 1. The molecule has 5 heteroatoms. The monoisotopic (exact) mass is 274 g/mol. The van der Waals surface area contributed by atoms with Crippen molar-refractivity contribution < 1.29 is 9.90 Å². The molecule has 0 fully saturated rings. The topological polar surface area (TPSA) is 55.1 Å². The molecule has 1 aromatic heterocycles. The van der Waals surface area contributed by atoms with Crippen LogP contribution in [0.4, 0.5) is 0 Å². The van der Waals surface area contributed by atoms with E-state index in [4.69, 9.17) is 5.11 Å². The van der Waals surface area contributed by atoms with E-state index in [1.54, 1.807) is 0 Å². The zero-order valence-corrected chi connectivity index (χ0v) is 10.5. The van der Waals surface area contributed by atoms with Gasteiger partial charge in [-0.05, 0) is 48.7 Å². The number of aryl methyl sites for hydroxylation is 1. The highest BCUT2D eigenvalue weighted by Gasteiger charge is 2.08. The maximum atomic E-state index is 10.3. The minimum absolute atomic E-state index is 0.201. The van der Waals surface area contributed by atoms with Crippen molar-refractivity contribution >= 4 is 21.9 Å². The van der Waals surface area contributed by atoms with Crippen LogP contribution in [-0.2, 0) is 11.2 Å². The zero-order valence-electron chi connectivity index (χ0n) is 8.90. The molecule has 0 spiro atoms. The first-order chi connectivity index (χ1) is 7.00. The molecule has 0 atom stereocenters. The molecule has 0 aromatic carbocycles. The van der Waals surface area contributed by atoms with E-state index in [0.29, 0.717) is 18.9 Å². The molecule has 1 rings (SSSR count). The molecule has 1 N–H and O–H groups in total. The fraction of sp³-hybridized carbons (Fsp3) is 0.600. The molecule has 1 heterocycles. The van der Waals surface area contributed by atoms with Crippen LogP contribution in [0, 0.1) is 0 Å². The van der Waals surface area contributed by atoms with Gasteiger partial charge in [-0.1, -0.05) is 0 Å². The van der Waals surface area contributed by atoms with Crippen LogP contribution < -0.4 is 0 Å². The fourth-order valence-corrected chi connectivity index (χ4v) is 2.08. The third kappa shape index (κ3) is 3.66. The summed E-state index contributed by atoms with van der Waals surface area (Å²) < 4.78 is 2.83. The number of nitrogens with zero attached hydrogens (tertiary/aromatic N) is 2. The van der Waals surface area contributed by atoms with E-state index in [1.807, 2.05) is 10.7 Å². The SMILES string of the molecule is CC(C)n1nc(CCCC(=O)O)cc1Br. The molecule has 15 heavy (non-hydrogen) atoms. The second kappa shape index (κ2) is 5.30. The minimum atomic E-state index is -0.752. The Morgan fingerprint density at radius 2 is 2.33 bits per heavy atom. The van der Waals surface area contributed by atoms with Crippen LogP contribution in [0.2, 0.25) is 0 Å². The summed E-state index contributed by atoms with van der Waals surface area (Å²) in [5, 5.41) is 12.9. The van der Waals surface area contributed by atoms with Crippen molar-refractivity contribution in [2.45, 2.75) is 39.2 Å². The lowest BCUT2D eigenvalue weighted by Gasteiger charge is -2.05. The average molecular weight is 275 g/mol. The summed E-state index contributed by atoms with van der Waals surface area (Å²) in [6.07, 6.45) is 1.55. The Balaban J connectivity index is 2.55. The van der Waals surface area contributed by atoms with Crippen LogP contribution in [0.5, 0.6) is 0 Å². The Hall–Kier alpha value is -0.840. The number of rotatable bonds is 5. The van der Waals surface area contributed by atoms with Gasteiger partial charge in [0.15, 0.2) is 0 Å². The first-order valence-corrected chi connectivity index (χ1v) is 5.75. The van der Waals surface area contributed by atoms with Crippen molar-refractivity contribution in [3.63, 3.8) is 0 Å². The summed E-state index contributed by atoms with van der Waals surface area (Å²) in [4.78, 5) is 10.3. The van der Waals surface area contributed by atoms with Gasteiger partial charge in [-0.25, -0.2) is 0 Å². The molecular formula is C10H15BrN2O2. The van der Waals surface area contributed by atoms with Crippen molar-refractivity contribution in [1.82, 2.24) is 9.78 Å². The zero-order chi connectivity index (χ0) is 11.4. The number of halogens is 1. The largest absolute Gasteiger partial charge is 0.481 e. The first kappa shape index (κ1) is 12.2. The Morgan fingerprint density at radius 3 is 2.80 bits per heavy atom. The highest BCUT2D eigenvalue weighted by Crippen LogP contribution is 2.18. The van der Waals surface area contributed by atoms with Gasteiger partial charge in [0.25, 0.3) is 0 Å².